The lowest BCUT2D eigenvalue weighted by Gasteiger charge is -1.94. The smallest absolute Gasteiger partial charge is 0.156 e. The van der Waals surface area contributed by atoms with Gasteiger partial charge in [0.05, 0.1) is 12.4 Å². The quantitative estimate of drug-likeness (QED) is 0.601. The average Bonchev–Trinajstić information content (AvgIpc) is 1.68. The van der Waals surface area contributed by atoms with Crippen LogP contribution >= 0.6 is 12.6 Å². The molecule has 0 aliphatic heterocycles. The zero-order chi connectivity index (χ0) is 6.41. The van der Waals surface area contributed by atoms with E-state index in [0.29, 0.717) is 18.1 Å². The van der Waals surface area contributed by atoms with Crippen LogP contribution in [0.4, 0.5) is 0 Å². The van der Waals surface area contributed by atoms with Gasteiger partial charge in [0.25, 0.3) is 0 Å². The molecule has 0 radical (unpaired) electrons. The lowest BCUT2D eigenvalue weighted by atomic mass is 10.9. The molecule has 0 N–H and O–H groups in total. The molecule has 0 saturated carbocycles. The van der Waals surface area contributed by atoms with Crippen molar-refractivity contribution < 1.29 is 8.39 Å². The van der Waals surface area contributed by atoms with Crippen LogP contribution in [-0.2, 0) is 15.3 Å². The zero-order valence-corrected chi connectivity index (χ0v) is 6.50. The molecule has 0 saturated heterocycles. The summed E-state index contributed by atoms with van der Waals surface area (Å²) >= 11 is 2.78. The van der Waals surface area contributed by atoms with Crippen LogP contribution in [0.25, 0.3) is 0 Å². The van der Waals surface area contributed by atoms with Crippen molar-refractivity contribution in [1.82, 2.24) is 0 Å². The molecule has 0 fully saturated rings. The van der Waals surface area contributed by atoms with Gasteiger partial charge in [-0.3, -0.25) is 4.18 Å². The fourth-order valence-electron chi connectivity index (χ4n) is 0.265. The van der Waals surface area contributed by atoms with Crippen LogP contribution < -0.4 is 0 Å². The van der Waals surface area contributed by atoms with E-state index in [1.807, 2.05) is 6.92 Å². The molecule has 0 aromatic rings. The number of hydrogen-bond acceptors (Lipinski definition) is 3. The molecule has 0 rings (SSSR count). The van der Waals surface area contributed by atoms with Gasteiger partial charge in [0.15, 0.2) is 11.1 Å². The zero-order valence-electron chi connectivity index (χ0n) is 4.79. The van der Waals surface area contributed by atoms with Crippen LogP contribution in [-0.4, -0.2) is 22.3 Å². The van der Waals surface area contributed by atoms with Crippen molar-refractivity contribution in [2.75, 3.05) is 18.1 Å². The normalized spacial score (nSPS) is 13.8. The Morgan fingerprint density at radius 1 is 1.75 bits per heavy atom. The van der Waals surface area contributed by atoms with Gasteiger partial charge >= 0.3 is 0 Å². The maximum absolute atomic E-state index is 10.5. The van der Waals surface area contributed by atoms with Crippen LogP contribution in [0.15, 0.2) is 0 Å². The van der Waals surface area contributed by atoms with Gasteiger partial charge in [-0.1, -0.05) is 0 Å². The van der Waals surface area contributed by atoms with E-state index in [4.69, 9.17) is 4.18 Å². The Balaban J connectivity index is 3.06. The standard InChI is InChI=1S/C4H10O2S2/c1-2-6-8(5)4-3-7/h7H,2-4H2,1H3. The summed E-state index contributed by atoms with van der Waals surface area (Å²) in [5, 5.41) is 0. The summed E-state index contributed by atoms with van der Waals surface area (Å²) in [4.78, 5) is 0. The van der Waals surface area contributed by atoms with E-state index in [1.54, 1.807) is 0 Å². The highest BCUT2D eigenvalue weighted by atomic mass is 32.2. The second-order valence-corrected chi connectivity index (χ2v) is 2.84. The number of rotatable bonds is 4. The number of thiol groups is 1. The third-order valence-corrected chi connectivity index (χ3v) is 2.07. The van der Waals surface area contributed by atoms with Gasteiger partial charge in [-0.15, -0.1) is 0 Å². The monoisotopic (exact) mass is 154 g/mol. The highest BCUT2D eigenvalue weighted by Crippen LogP contribution is 1.85. The molecule has 0 bridgehead atoms. The van der Waals surface area contributed by atoms with E-state index in [2.05, 4.69) is 12.6 Å². The van der Waals surface area contributed by atoms with E-state index in [1.165, 1.54) is 0 Å². The molecule has 0 aromatic heterocycles. The molecule has 8 heavy (non-hydrogen) atoms. The van der Waals surface area contributed by atoms with Gasteiger partial charge in [-0.2, -0.15) is 12.6 Å². The van der Waals surface area contributed by atoms with Crippen molar-refractivity contribution in [3.63, 3.8) is 0 Å². The Kier molecular flexibility index (Phi) is 5.92. The molecule has 50 valence electrons. The Labute approximate surface area is 57.7 Å². The summed E-state index contributed by atoms with van der Waals surface area (Å²) in [6, 6.07) is 0. The summed E-state index contributed by atoms with van der Waals surface area (Å²) < 4.78 is 15.2. The van der Waals surface area contributed by atoms with Crippen LogP contribution in [0, 0.1) is 0 Å². The summed E-state index contributed by atoms with van der Waals surface area (Å²) in [6.07, 6.45) is 0. The van der Waals surface area contributed by atoms with Crippen LogP contribution in [0.1, 0.15) is 6.92 Å². The first-order valence-electron chi connectivity index (χ1n) is 2.43. The molecule has 0 aliphatic carbocycles. The lowest BCUT2D eigenvalue weighted by molar-refractivity contribution is 0.372. The first-order valence-corrected chi connectivity index (χ1v) is 4.31. The molecule has 0 aromatic carbocycles. The Hall–Kier alpha value is 0.460. The summed E-state index contributed by atoms with van der Waals surface area (Å²) in [7, 11) is 0. The van der Waals surface area contributed by atoms with Gasteiger partial charge in [-0.25, -0.2) is 4.21 Å². The van der Waals surface area contributed by atoms with E-state index in [9.17, 15) is 4.21 Å². The first kappa shape index (κ1) is 8.46. The Bertz CT molecular complexity index is 66.4. The molecule has 0 spiro atoms. The van der Waals surface area contributed by atoms with E-state index in [0.717, 1.165) is 0 Å². The molecule has 0 aliphatic rings. The highest BCUT2D eigenvalue weighted by Gasteiger charge is 1.93. The van der Waals surface area contributed by atoms with Crippen molar-refractivity contribution in [1.29, 1.82) is 0 Å². The minimum atomic E-state index is -1.10. The fourth-order valence-corrected chi connectivity index (χ4v) is 1.24. The fraction of sp³-hybridized carbons (Fsp3) is 1.00. The minimum Gasteiger partial charge on any atom is -0.291 e. The highest BCUT2D eigenvalue weighted by molar-refractivity contribution is 7.84. The lowest BCUT2D eigenvalue weighted by Crippen LogP contribution is -2.02. The molecular formula is C4H10O2S2. The number of hydrogen-bond donors (Lipinski definition) is 1. The molecule has 2 nitrogen and oxygen atoms in total. The molecule has 0 amide bonds. The maximum atomic E-state index is 10.5. The van der Waals surface area contributed by atoms with Crippen molar-refractivity contribution in [3.05, 3.63) is 0 Å². The summed E-state index contributed by atoms with van der Waals surface area (Å²) in [5.41, 5.74) is 0. The van der Waals surface area contributed by atoms with Gasteiger partial charge in [0, 0.05) is 5.75 Å². The van der Waals surface area contributed by atoms with Gasteiger partial charge in [-0.05, 0) is 6.92 Å². The van der Waals surface area contributed by atoms with Crippen LogP contribution in [0.5, 0.6) is 0 Å². The van der Waals surface area contributed by atoms with Gasteiger partial charge in [0.2, 0.25) is 0 Å². The third kappa shape index (κ3) is 4.61. The summed E-state index contributed by atoms with van der Waals surface area (Å²) in [5.74, 6) is 1.14. The Morgan fingerprint density at radius 3 is 2.75 bits per heavy atom. The minimum absolute atomic E-state index is 0.514. The van der Waals surface area contributed by atoms with E-state index < -0.39 is 11.1 Å². The first-order chi connectivity index (χ1) is 3.81. The predicted octanol–water partition coefficient (Wildman–Crippen LogP) is 0.616. The van der Waals surface area contributed by atoms with Crippen molar-refractivity contribution in [2.45, 2.75) is 6.92 Å². The maximum Gasteiger partial charge on any atom is 0.156 e. The van der Waals surface area contributed by atoms with E-state index >= 15 is 0 Å². The largest absolute Gasteiger partial charge is 0.291 e. The van der Waals surface area contributed by atoms with E-state index in [-0.39, 0.29) is 0 Å². The second kappa shape index (κ2) is 5.59. The molecular weight excluding hydrogens is 144 g/mol. The molecule has 1 unspecified atom stereocenters. The Morgan fingerprint density at radius 2 is 2.38 bits per heavy atom. The topological polar surface area (TPSA) is 26.3 Å². The van der Waals surface area contributed by atoms with Crippen molar-refractivity contribution in [3.8, 4) is 0 Å². The SMILES string of the molecule is CCOS(=O)CCS. The van der Waals surface area contributed by atoms with Crippen molar-refractivity contribution >= 4 is 23.7 Å². The van der Waals surface area contributed by atoms with Crippen LogP contribution in [0.2, 0.25) is 0 Å². The van der Waals surface area contributed by atoms with Crippen molar-refractivity contribution in [2.24, 2.45) is 0 Å². The molecule has 4 heteroatoms. The second-order valence-electron chi connectivity index (χ2n) is 1.14. The summed E-state index contributed by atoms with van der Waals surface area (Å²) in [6.45, 7) is 2.33. The molecule has 0 heterocycles. The van der Waals surface area contributed by atoms with Gasteiger partial charge in [0.1, 0.15) is 0 Å². The van der Waals surface area contributed by atoms with Crippen LogP contribution in [0.3, 0.4) is 0 Å². The van der Waals surface area contributed by atoms with Gasteiger partial charge < -0.3 is 0 Å². The molecule has 1 atom stereocenters. The average molecular weight is 154 g/mol. The third-order valence-electron chi connectivity index (χ3n) is 0.507. The predicted molar refractivity (Wildman–Crippen MR) is 38.5 cm³/mol.